The molecule has 1 amide bonds. The summed E-state index contributed by atoms with van der Waals surface area (Å²) in [5.74, 6) is -0.407. The van der Waals surface area contributed by atoms with Gasteiger partial charge >= 0.3 is 0 Å². The molecule has 0 aliphatic rings. The van der Waals surface area contributed by atoms with Gasteiger partial charge in [-0.25, -0.2) is 4.39 Å². The van der Waals surface area contributed by atoms with Crippen LogP contribution in [0.2, 0.25) is 0 Å². The number of aromatic nitrogens is 1. The zero-order valence-electron chi connectivity index (χ0n) is 9.67. The molecule has 1 heterocycles. The first-order valence-electron chi connectivity index (χ1n) is 5.29. The lowest BCUT2D eigenvalue weighted by Gasteiger charge is -1.96. The van der Waals surface area contributed by atoms with Crippen LogP contribution in [0.25, 0.3) is 11.3 Å². The van der Waals surface area contributed by atoms with Gasteiger partial charge in [0, 0.05) is 18.4 Å². The molecule has 0 saturated carbocycles. The van der Waals surface area contributed by atoms with Crippen LogP contribution in [0.15, 0.2) is 30.3 Å². The minimum atomic E-state index is -0.274. The molecular weight excluding hydrogens is 219 g/mol. The van der Waals surface area contributed by atoms with E-state index in [0.29, 0.717) is 5.56 Å². The van der Waals surface area contributed by atoms with Gasteiger partial charge in [0.15, 0.2) is 0 Å². The van der Waals surface area contributed by atoms with Crippen molar-refractivity contribution in [3.05, 3.63) is 47.4 Å². The number of H-pyrrole nitrogens is 1. The summed E-state index contributed by atoms with van der Waals surface area (Å²) in [6, 6.07) is 7.90. The van der Waals surface area contributed by atoms with Crippen molar-refractivity contribution in [2.45, 2.75) is 6.92 Å². The lowest BCUT2D eigenvalue weighted by molar-refractivity contribution is 0.0962. The van der Waals surface area contributed by atoms with Crippen molar-refractivity contribution in [2.24, 2.45) is 0 Å². The Hall–Kier alpha value is -2.10. The van der Waals surface area contributed by atoms with E-state index in [-0.39, 0.29) is 11.7 Å². The van der Waals surface area contributed by atoms with Gasteiger partial charge in [0.25, 0.3) is 5.91 Å². The zero-order valence-corrected chi connectivity index (χ0v) is 9.67. The molecule has 4 heteroatoms. The van der Waals surface area contributed by atoms with E-state index < -0.39 is 0 Å². The standard InChI is InChI=1S/C13H13FN2O/c1-8-11(13(17)15-2)7-12(16-8)9-3-5-10(14)6-4-9/h3-7,16H,1-2H3,(H,15,17). The molecule has 0 atom stereocenters. The predicted octanol–water partition coefficient (Wildman–Crippen LogP) is 2.49. The number of hydrogen-bond acceptors (Lipinski definition) is 1. The highest BCUT2D eigenvalue weighted by atomic mass is 19.1. The Bertz CT molecular complexity index is 543. The van der Waals surface area contributed by atoms with Gasteiger partial charge in [-0.2, -0.15) is 0 Å². The number of halogens is 1. The molecule has 88 valence electrons. The predicted molar refractivity (Wildman–Crippen MR) is 64.3 cm³/mol. The Morgan fingerprint density at radius 3 is 2.53 bits per heavy atom. The summed E-state index contributed by atoms with van der Waals surface area (Å²) in [7, 11) is 1.59. The smallest absolute Gasteiger partial charge is 0.252 e. The molecule has 0 bridgehead atoms. The van der Waals surface area contributed by atoms with Crippen molar-refractivity contribution in [1.82, 2.24) is 10.3 Å². The number of carbonyl (C=O) groups is 1. The first-order chi connectivity index (χ1) is 8.11. The number of nitrogens with one attached hydrogen (secondary N) is 2. The van der Waals surface area contributed by atoms with E-state index in [4.69, 9.17) is 0 Å². The van der Waals surface area contributed by atoms with Crippen LogP contribution in [0, 0.1) is 12.7 Å². The third-order valence-electron chi connectivity index (χ3n) is 2.64. The molecule has 2 rings (SSSR count). The number of hydrogen-bond donors (Lipinski definition) is 2. The Balaban J connectivity index is 2.41. The SMILES string of the molecule is CNC(=O)c1cc(-c2ccc(F)cc2)[nH]c1C. The van der Waals surface area contributed by atoms with Gasteiger partial charge in [-0.3, -0.25) is 4.79 Å². The van der Waals surface area contributed by atoms with Crippen molar-refractivity contribution < 1.29 is 9.18 Å². The maximum Gasteiger partial charge on any atom is 0.252 e. The summed E-state index contributed by atoms with van der Waals surface area (Å²) in [6.45, 7) is 1.83. The van der Waals surface area contributed by atoms with Gasteiger partial charge in [-0.05, 0) is 42.8 Å². The highest BCUT2D eigenvalue weighted by Gasteiger charge is 2.11. The number of rotatable bonds is 2. The third kappa shape index (κ3) is 2.20. The number of aromatic amines is 1. The average molecular weight is 232 g/mol. The fraction of sp³-hybridized carbons (Fsp3) is 0.154. The maximum absolute atomic E-state index is 12.8. The van der Waals surface area contributed by atoms with Gasteiger partial charge in [0.1, 0.15) is 5.82 Å². The molecular formula is C13H13FN2O. The third-order valence-corrected chi connectivity index (χ3v) is 2.64. The maximum atomic E-state index is 12.8. The monoisotopic (exact) mass is 232 g/mol. The average Bonchev–Trinajstić information content (AvgIpc) is 2.71. The molecule has 1 aromatic heterocycles. The Morgan fingerprint density at radius 2 is 1.94 bits per heavy atom. The van der Waals surface area contributed by atoms with Crippen molar-refractivity contribution in [2.75, 3.05) is 7.05 Å². The second-order valence-corrected chi connectivity index (χ2v) is 3.81. The van der Waals surface area contributed by atoms with E-state index >= 15 is 0 Å². The topological polar surface area (TPSA) is 44.9 Å². The van der Waals surface area contributed by atoms with Gasteiger partial charge < -0.3 is 10.3 Å². The Kier molecular flexibility index (Phi) is 2.95. The molecule has 2 aromatic rings. The quantitative estimate of drug-likeness (QED) is 0.821. The van der Waals surface area contributed by atoms with Crippen molar-refractivity contribution >= 4 is 5.91 Å². The minimum absolute atomic E-state index is 0.132. The second kappa shape index (κ2) is 4.41. The Morgan fingerprint density at radius 1 is 1.29 bits per heavy atom. The minimum Gasteiger partial charge on any atom is -0.358 e. The van der Waals surface area contributed by atoms with Crippen LogP contribution in [0.4, 0.5) is 4.39 Å². The molecule has 0 spiro atoms. The fourth-order valence-electron chi connectivity index (χ4n) is 1.71. The first kappa shape index (κ1) is 11.4. The molecule has 0 saturated heterocycles. The molecule has 0 fully saturated rings. The van der Waals surface area contributed by atoms with Crippen molar-refractivity contribution in [1.29, 1.82) is 0 Å². The van der Waals surface area contributed by atoms with Crippen LogP contribution >= 0.6 is 0 Å². The Labute approximate surface area is 98.7 Å². The van der Waals surface area contributed by atoms with E-state index in [0.717, 1.165) is 17.0 Å². The van der Waals surface area contributed by atoms with E-state index in [2.05, 4.69) is 10.3 Å². The largest absolute Gasteiger partial charge is 0.358 e. The molecule has 0 unspecified atom stereocenters. The number of carbonyl (C=O) groups excluding carboxylic acids is 1. The van der Waals surface area contributed by atoms with E-state index in [1.807, 2.05) is 6.92 Å². The molecule has 1 aromatic carbocycles. The van der Waals surface area contributed by atoms with Crippen LogP contribution in [0.5, 0.6) is 0 Å². The molecule has 17 heavy (non-hydrogen) atoms. The first-order valence-corrected chi connectivity index (χ1v) is 5.29. The van der Waals surface area contributed by atoms with Gasteiger partial charge in [-0.1, -0.05) is 0 Å². The summed E-state index contributed by atoms with van der Waals surface area (Å²) < 4.78 is 12.8. The van der Waals surface area contributed by atoms with Gasteiger partial charge in [0.05, 0.1) is 5.56 Å². The molecule has 0 radical (unpaired) electrons. The van der Waals surface area contributed by atoms with Crippen LogP contribution in [0.1, 0.15) is 16.1 Å². The fourth-order valence-corrected chi connectivity index (χ4v) is 1.71. The van der Waals surface area contributed by atoms with Crippen LogP contribution in [-0.2, 0) is 0 Å². The number of benzene rings is 1. The summed E-state index contributed by atoms with van der Waals surface area (Å²) >= 11 is 0. The van der Waals surface area contributed by atoms with Crippen molar-refractivity contribution in [3.63, 3.8) is 0 Å². The van der Waals surface area contributed by atoms with E-state index in [1.54, 1.807) is 25.2 Å². The highest BCUT2D eigenvalue weighted by Crippen LogP contribution is 2.21. The van der Waals surface area contributed by atoms with Crippen molar-refractivity contribution in [3.8, 4) is 11.3 Å². The van der Waals surface area contributed by atoms with E-state index in [1.165, 1.54) is 12.1 Å². The van der Waals surface area contributed by atoms with Crippen LogP contribution in [-0.4, -0.2) is 17.9 Å². The van der Waals surface area contributed by atoms with E-state index in [9.17, 15) is 9.18 Å². The molecule has 0 aliphatic heterocycles. The summed E-state index contributed by atoms with van der Waals surface area (Å²) in [5.41, 5.74) is 3.06. The molecule has 0 aliphatic carbocycles. The normalized spacial score (nSPS) is 10.3. The number of amides is 1. The summed E-state index contributed by atoms with van der Waals surface area (Å²) in [5, 5.41) is 2.58. The summed E-state index contributed by atoms with van der Waals surface area (Å²) in [6.07, 6.45) is 0. The lowest BCUT2D eigenvalue weighted by atomic mass is 10.1. The van der Waals surface area contributed by atoms with Crippen LogP contribution < -0.4 is 5.32 Å². The summed E-state index contributed by atoms with van der Waals surface area (Å²) in [4.78, 5) is 14.7. The molecule has 3 nitrogen and oxygen atoms in total. The lowest BCUT2D eigenvalue weighted by Crippen LogP contribution is -2.17. The number of aryl methyl sites for hydroxylation is 1. The zero-order chi connectivity index (χ0) is 12.4. The molecule has 2 N–H and O–H groups in total. The van der Waals surface area contributed by atoms with Crippen LogP contribution in [0.3, 0.4) is 0 Å². The second-order valence-electron chi connectivity index (χ2n) is 3.81. The highest BCUT2D eigenvalue weighted by molar-refractivity contribution is 5.96. The van der Waals surface area contributed by atoms with Gasteiger partial charge in [-0.15, -0.1) is 0 Å². The van der Waals surface area contributed by atoms with Gasteiger partial charge in [0.2, 0.25) is 0 Å².